The molecule has 0 aliphatic rings. The van der Waals surface area contributed by atoms with E-state index in [4.69, 9.17) is 5.21 Å². The van der Waals surface area contributed by atoms with Gasteiger partial charge in [0.15, 0.2) is 0 Å². The van der Waals surface area contributed by atoms with Gasteiger partial charge >= 0.3 is 0 Å². The summed E-state index contributed by atoms with van der Waals surface area (Å²) in [4.78, 5) is 13.6. The monoisotopic (exact) mass is 116 g/mol. The zero-order chi connectivity index (χ0) is 6.41. The molecule has 0 aromatic carbocycles. The molecule has 0 saturated carbocycles. The van der Waals surface area contributed by atoms with E-state index in [0.29, 0.717) is 0 Å². The number of amides is 1. The van der Waals surface area contributed by atoms with Gasteiger partial charge < -0.3 is 0 Å². The molecule has 0 heterocycles. The highest BCUT2D eigenvalue weighted by Gasteiger charge is 1.90. The number of carbonyl (C=O) groups is 1. The molecule has 4 nitrogen and oxygen atoms in total. The van der Waals surface area contributed by atoms with Crippen molar-refractivity contribution in [2.75, 3.05) is 6.54 Å². The van der Waals surface area contributed by atoms with Crippen molar-refractivity contribution >= 4 is 12.1 Å². The van der Waals surface area contributed by atoms with Crippen molar-refractivity contribution in [1.29, 1.82) is 0 Å². The van der Waals surface area contributed by atoms with Gasteiger partial charge in [-0.25, -0.2) is 5.48 Å². The Hall–Kier alpha value is -0.900. The Morgan fingerprint density at radius 3 is 3.00 bits per heavy atom. The Morgan fingerprint density at radius 1 is 2.00 bits per heavy atom. The SMILES string of the molecule is CC=NCC(=O)NO. The zero-order valence-electron chi connectivity index (χ0n) is 4.59. The summed E-state index contributed by atoms with van der Waals surface area (Å²) >= 11 is 0. The molecule has 0 unspecified atom stereocenters. The van der Waals surface area contributed by atoms with Crippen LogP contribution in [0.2, 0.25) is 0 Å². The van der Waals surface area contributed by atoms with Crippen molar-refractivity contribution in [2.24, 2.45) is 4.99 Å². The van der Waals surface area contributed by atoms with Gasteiger partial charge in [0.05, 0.1) is 0 Å². The van der Waals surface area contributed by atoms with Crippen molar-refractivity contribution in [2.45, 2.75) is 6.92 Å². The van der Waals surface area contributed by atoms with Crippen LogP contribution in [0.1, 0.15) is 6.92 Å². The minimum absolute atomic E-state index is 0.00694. The molecule has 0 aromatic heterocycles. The second-order valence-corrected chi connectivity index (χ2v) is 1.13. The smallest absolute Gasteiger partial charge is 0.264 e. The van der Waals surface area contributed by atoms with E-state index < -0.39 is 5.91 Å². The van der Waals surface area contributed by atoms with Crippen molar-refractivity contribution in [3.63, 3.8) is 0 Å². The molecule has 4 heteroatoms. The Bertz CT molecular complexity index is 100. The van der Waals surface area contributed by atoms with Crippen LogP contribution >= 0.6 is 0 Å². The van der Waals surface area contributed by atoms with Gasteiger partial charge in [0.25, 0.3) is 5.91 Å². The summed E-state index contributed by atoms with van der Waals surface area (Å²) in [5, 5.41) is 7.89. The van der Waals surface area contributed by atoms with Gasteiger partial charge in [0.2, 0.25) is 0 Å². The number of hydrogen-bond acceptors (Lipinski definition) is 3. The molecule has 0 atom stereocenters. The van der Waals surface area contributed by atoms with Crippen LogP contribution in [-0.4, -0.2) is 23.9 Å². The molecule has 0 bridgehead atoms. The lowest BCUT2D eigenvalue weighted by Crippen LogP contribution is -2.21. The minimum Gasteiger partial charge on any atom is -0.289 e. The molecule has 0 spiro atoms. The quantitative estimate of drug-likeness (QED) is 0.292. The first-order valence-electron chi connectivity index (χ1n) is 2.18. The third-order valence-corrected chi connectivity index (χ3v) is 0.542. The Balaban J connectivity index is 3.25. The van der Waals surface area contributed by atoms with Crippen molar-refractivity contribution < 1.29 is 10.0 Å². The lowest BCUT2D eigenvalue weighted by molar-refractivity contribution is -0.127. The van der Waals surface area contributed by atoms with E-state index in [1.54, 1.807) is 6.92 Å². The standard InChI is InChI=1S/C4H8N2O2/c1-2-5-3-4(7)6-8/h2,8H,3H2,1H3,(H,6,7). The summed E-state index contributed by atoms with van der Waals surface area (Å²) in [5.74, 6) is -0.497. The first-order valence-corrected chi connectivity index (χ1v) is 2.18. The third kappa shape index (κ3) is 3.30. The number of hydroxylamine groups is 1. The topological polar surface area (TPSA) is 61.7 Å². The van der Waals surface area contributed by atoms with Gasteiger partial charge in [0, 0.05) is 0 Å². The molecule has 0 radical (unpaired) electrons. The van der Waals surface area contributed by atoms with E-state index in [1.165, 1.54) is 11.7 Å². The van der Waals surface area contributed by atoms with Crippen LogP contribution in [0, 0.1) is 0 Å². The van der Waals surface area contributed by atoms with Crippen LogP contribution in [0.5, 0.6) is 0 Å². The highest BCUT2D eigenvalue weighted by atomic mass is 16.5. The Labute approximate surface area is 47.2 Å². The van der Waals surface area contributed by atoms with Crippen LogP contribution in [0.3, 0.4) is 0 Å². The molecule has 2 N–H and O–H groups in total. The first-order chi connectivity index (χ1) is 3.81. The molecule has 46 valence electrons. The van der Waals surface area contributed by atoms with E-state index in [-0.39, 0.29) is 6.54 Å². The van der Waals surface area contributed by atoms with Crippen LogP contribution in [0.15, 0.2) is 4.99 Å². The number of hydrogen-bond donors (Lipinski definition) is 2. The first kappa shape index (κ1) is 7.10. The Kier molecular flexibility index (Phi) is 3.78. The maximum absolute atomic E-state index is 10.1. The van der Waals surface area contributed by atoms with Crippen molar-refractivity contribution in [1.82, 2.24) is 5.48 Å². The van der Waals surface area contributed by atoms with Crippen molar-refractivity contribution in [3.8, 4) is 0 Å². The van der Waals surface area contributed by atoms with Crippen molar-refractivity contribution in [3.05, 3.63) is 0 Å². The summed E-state index contributed by atoms with van der Waals surface area (Å²) in [6, 6.07) is 0. The van der Waals surface area contributed by atoms with E-state index in [1.807, 2.05) is 0 Å². The van der Waals surface area contributed by atoms with E-state index >= 15 is 0 Å². The molecule has 0 rings (SSSR count). The molecule has 0 aliphatic carbocycles. The predicted octanol–water partition coefficient (Wildman–Crippen LogP) is -0.417. The lowest BCUT2D eigenvalue weighted by atomic mass is 10.6. The summed E-state index contributed by atoms with van der Waals surface area (Å²) in [6.45, 7) is 1.69. The second kappa shape index (κ2) is 4.26. The van der Waals surface area contributed by atoms with Gasteiger partial charge in [-0.15, -0.1) is 0 Å². The van der Waals surface area contributed by atoms with E-state index in [2.05, 4.69) is 4.99 Å². The minimum atomic E-state index is -0.497. The lowest BCUT2D eigenvalue weighted by Gasteiger charge is -1.88. The predicted molar refractivity (Wildman–Crippen MR) is 29.0 cm³/mol. The number of rotatable bonds is 2. The fraction of sp³-hybridized carbons (Fsp3) is 0.500. The summed E-state index contributed by atoms with van der Waals surface area (Å²) < 4.78 is 0. The molecule has 0 aromatic rings. The second-order valence-electron chi connectivity index (χ2n) is 1.13. The maximum Gasteiger partial charge on any atom is 0.264 e. The summed E-state index contributed by atoms with van der Waals surface area (Å²) in [6.07, 6.45) is 1.50. The Morgan fingerprint density at radius 2 is 2.62 bits per heavy atom. The molecule has 0 fully saturated rings. The summed E-state index contributed by atoms with van der Waals surface area (Å²) in [5.41, 5.74) is 1.45. The van der Waals surface area contributed by atoms with Crippen LogP contribution in [-0.2, 0) is 4.79 Å². The molecule has 1 amide bonds. The molecule has 8 heavy (non-hydrogen) atoms. The number of nitrogens with one attached hydrogen (secondary N) is 1. The van der Waals surface area contributed by atoms with Gasteiger partial charge in [-0.3, -0.25) is 15.0 Å². The summed E-state index contributed by atoms with van der Waals surface area (Å²) in [7, 11) is 0. The largest absolute Gasteiger partial charge is 0.289 e. The molecule has 0 saturated heterocycles. The third-order valence-electron chi connectivity index (χ3n) is 0.542. The number of aliphatic imine (C=N–C) groups is 1. The van der Waals surface area contributed by atoms with Gasteiger partial charge in [-0.2, -0.15) is 0 Å². The molecular weight excluding hydrogens is 108 g/mol. The highest BCUT2D eigenvalue weighted by Crippen LogP contribution is 1.65. The van der Waals surface area contributed by atoms with E-state index in [9.17, 15) is 4.79 Å². The number of nitrogens with zero attached hydrogens (tertiary/aromatic N) is 1. The average molecular weight is 116 g/mol. The number of carbonyl (C=O) groups excluding carboxylic acids is 1. The van der Waals surface area contributed by atoms with Crippen LogP contribution in [0.25, 0.3) is 0 Å². The van der Waals surface area contributed by atoms with Crippen LogP contribution in [0.4, 0.5) is 0 Å². The fourth-order valence-electron chi connectivity index (χ4n) is 0.210. The van der Waals surface area contributed by atoms with Crippen LogP contribution < -0.4 is 5.48 Å². The normalized spacial score (nSPS) is 9.75. The van der Waals surface area contributed by atoms with Gasteiger partial charge in [-0.1, -0.05) is 0 Å². The average Bonchev–Trinajstić information content (AvgIpc) is 1.83. The maximum atomic E-state index is 10.1. The van der Waals surface area contributed by atoms with Gasteiger partial charge in [-0.05, 0) is 13.1 Å². The molecular formula is C4H8N2O2. The van der Waals surface area contributed by atoms with E-state index in [0.717, 1.165) is 0 Å². The zero-order valence-corrected chi connectivity index (χ0v) is 4.59. The molecule has 0 aliphatic heterocycles. The van der Waals surface area contributed by atoms with Gasteiger partial charge in [0.1, 0.15) is 6.54 Å². The fourth-order valence-corrected chi connectivity index (χ4v) is 0.210. The highest BCUT2D eigenvalue weighted by molar-refractivity contribution is 5.78.